The topological polar surface area (TPSA) is 77.2 Å². The van der Waals surface area contributed by atoms with Gasteiger partial charge in [-0.3, -0.25) is 4.90 Å². The van der Waals surface area contributed by atoms with Crippen molar-refractivity contribution in [2.45, 2.75) is 19.1 Å². The number of ether oxygens (including phenoxy) is 3. The molecular formula is C20H26N2O4. The van der Waals surface area contributed by atoms with E-state index in [-0.39, 0.29) is 6.61 Å². The fourth-order valence-corrected chi connectivity index (χ4v) is 3.20. The molecule has 6 nitrogen and oxygen atoms in total. The molecular weight excluding hydrogens is 332 g/mol. The molecule has 1 aliphatic rings. The molecule has 2 aromatic rings. The maximum atomic E-state index is 10.3. The van der Waals surface area contributed by atoms with E-state index >= 15 is 0 Å². The van der Waals surface area contributed by atoms with Crippen LogP contribution in [0.25, 0.3) is 0 Å². The summed E-state index contributed by atoms with van der Waals surface area (Å²) in [7, 11) is 3.29. The minimum Gasteiger partial charge on any atom is -0.493 e. The van der Waals surface area contributed by atoms with Crippen LogP contribution in [-0.4, -0.2) is 50.0 Å². The lowest BCUT2D eigenvalue weighted by molar-refractivity contribution is 0.0637. The number of aliphatic hydroxyl groups is 1. The number of nitrogen functional groups attached to an aromatic ring is 1. The number of fused-ring (bicyclic) bond motifs is 1. The molecule has 0 bridgehead atoms. The summed E-state index contributed by atoms with van der Waals surface area (Å²) in [5.41, 5.74) is 8.83. The van der Waals surface area contributed by atoms with E-state index in [2.05, 4.69) is 4.90 Å². The predicted molar refractivity (Wildman–Crippen MR) is 101 cm³/mol. The number of hydrogen-bond acceptors (Lipinski definition) is 6. The van der Waals surface area contributed by atoms with Crippen LogP contribution in [0.3, 0.4) is 0 Å². The summed E-state index contributed by atoms with van der Waals surface area (Å²) in [5, 5.41) is 10.3. The molecule has 0 spiro atoms. The minimum atomic E-state index is -0.561. The monoisotopic (exact) mass is 358 g/mol. The molecule has 0 amide bonds. The third-order valence-electron chi connectivity index (χ3n) is 4.59. The summed E-state index contributed by atoms with van der Waals surface area (Å²) < 4.78 is 16.4. The van der Waals surface area contributed by atoms with Crippen molar-refractivity contribution in [1.82, 2.24) is 4.90 Å². The summed E-state index contributed by atoms with van der Waals surface area (Å²) in [5.74, 6) is 2.20. The molecule has 0 saturated heterocycles. The quantitative estimate of drug-likeness (QED) is 0.738. The van der Waals surface area contributed by atoms with Gasteiger partial charge in [-0.2, -0.15) is 0 Å². The van der Waals surface area contributed by atoms with Gasteiger partial charge in [0.05, 0.1) is 14.2 Å². The Balaban J connectivity index is 1.55. The van der Waals surface area contributed by atoms with E-state index in [0.29, 0.717) is 18.0 Å². The van der Waals surface area contributed by atoms with E-state index in [1.54, 1.807) is 38.5 Å². The molecule has 0 radical (unpaired) electrons. The van der Waals surface area contributed by atoms with Gasteiger partial charge >= 0.3 is 0 Å². The van der Waals surface area contributed by atoms with Crippen LogP contribution >= 0.6 is 0 Å². The van der Waals surface area contributed by atoms with Crippen LogP contribution in [0.4, 0.5) is 5.69 Å². The second-order valence-corrected chi connectivity index (χ2v) is 6.49. The standard InChI is InChI=1S/C20H26N2O4/c1-24-19-9-14-7-8-22(11-15(14)10-20(19)25-2)12-17(23)13-26-18-5-3-16(21)4-6-18/h3-6,9-10,17,23H,7-8,11-13,21H2,1-2H3. The van der Waals surface area contributed by atoms with E-state index in [0.717, 1.165) is 31.0 Å². The van der Waals surface area contributed by atoms with Crippen molar-refractivity contribution < 1.29 is 19.3 Å². The highest BCUT2D eigenvalue weighted by Crippen LogP contribution is 2.33. The minimum absolute atomic E-state index is 0.249. The van der Waals surface area contributed by atoms with Crippen LogP contribution in [-0.2, 0) is 13.0 Å². The van der Waals surface area contributed by atoms with E-state index in [1.165, 1.54) is 11.1 Å². The molecule has 0 aliphatic carbocycles. The summed E-state index contributed by atoms with van der Waals surface area (Å²) in [6, 6.07) is 11.2. The fourth-order valence-electron chi connectivity index (χ4n) is 3.20. The Bertz CT molecular complexity index is 733. The van der Waals surface area contributed by atoms with Gasteiger partial charge in [0.1, 0.15) is 18.5 Å². The summed E-state index contributed by atoms with van der Waals surface area (Å²) >= 11 is 0. The van der Waals surface area contributed by atoms with Gasteiger partial charge in [-0.1, -0.05) is 0 Å². The first-order valence-electron chi connectivity index (χ1n) is 8.71. The molecule has 1 atom stereocenters. The molecule has 0 fully saturated rings. The first-order valence-corrected chi connectivity index (χ1v) is 8.71. The first kappa shape index (κ1) is 18.4. The molecule has 3 N–H and O–H groups in total. The number of β-amino-alcohol motifs (C(OH)–C–C–N with tert-alkyl or cyclic N) is 1. The second-order valence-electron chi connectivity index (χ2n) is 6.49. The van der Waals surface area contributed by atoms with Gasteiger partial charge in [0.15, 0.2) is 11.5 Å². The van der Waals surface area contributed by atoms with Crippen molar-refractivity contribution in [2.24, 2.45) is 0 Å². The van der Waals surface area contributed by atoms with Gasteiger partial charge in [-0.05, 0) is 53.9 Å². The summed E-state index contributed by atoms with van der Waals surface area (Å²) in [6.45, 7) is 2.47. The van der Waals surface area contributed by atoms with Crippen LogP contribution in [0.1, 0.15) is 11.1 Å². The number of anilines is 1. The average molecular weight is 358 g/mol. The van der Waals surface area contributed by atoms with Crippen molar-refractivity contribution in [3.63, 3.8) is 0 Å². The highest BCUT2D eigenvalue weighted by molar-refractivity contribution is 5.48. The van der Waals surface area contributed by atoms with Crippen molar-refractivity contribution in [2.75, 3.05) is 39.6 Å². The molecule has 1 unspecified atom stereocenters. The highest BCUT2D eigenvalue weighted by Gasteiger charge is 2.21. The fraction of sp³-hybridized carbons (Fsp3) is 0.400. The van der Waals surface area contributed by atoms with Crippen LogP contribution in [0.5, 0.6) is 17.2 Å². The maximum absolute atomic E-state index is 10.3. The van der Waals surface area contributed by atoms with E-state index < -0.39 is 6.10 Å². The number of methoxy groups -OCH3 is 2. The SMILES string of the molecule is COc1cc2c(cc1OC)CN(CC(O)COc1ccc(N)cc1)CC2. The Hall–Kier alpha value is -2.44. The normalized spacial score (nSPS) is 15.2. The summed E-state index contributed by atoms with van der Waals surface area (Å²) in [6.07, 6.45) is 0.357. The first-order chi connectivity index (χ1) is 12.6. The van der Waals surface area contributed by atoms with Crippen LogP contribution in [0.2, 0.25) is 0 Å². The van der Waals surface area contributed by atoms with Gasteiger partial charge in [0, 0.05) is 25.3 Å². The smallest absolute Gasteiger partial charge is 0.161 e. The molecule has 6 heteroatoms. The molecule has 0 saturated carbocycles. The average Bonchev–Trinajstić information content (AvgIpc) is 2.66. The number of nitrogens with zero attached hydrogens (tertiary/aromatic N) is 1. The molecule has 3 rings (SSSR count). The lowest BCUT2D eigenvalue weighted by Crippen LogP contribution is -2.38. The van der Waals surface area contributed by atoms with Gasteiger partial charge in [0.2, 0.25) is 0 Å². The van der Waals surface area contributed by atoms with Crippen LogP contribution < -0.4 is 19.9 Å². The largest absolute Gasteiger partial charge is 0.493 e. The Morgan fingerprint density at radius 3 is 2.38 bits per heavy atom. The zero-order chi connectivity index (χ0) is 18.5. The van der Waals surface area contributed by atoms with E-state index in [4.69, 9.17) is 19.9 Å². The Morgan fingerprint density at radius 1 is 1.08 bits per heavy atom. The Labute approximate surface area is 154 Å². The van der Waals surface area contributed by atoms with E-state index in [9.17, 15) is 5.11 Å². The van der Waals surface area contributed by atoms with Gasteiger partial charge < -0.3 is 25.1 Å². The van der Waals surface area contributed by atoms with Crippen LogP contribution in [0.15, 0.2) is 36.4 Å². The van der Waals surface area contributed by atoms with Crippen molar-refractivity contribution in [1.29, 1.82) is 0 Å². The van der Waals surface area contributed by atoms with Crippen molar-refractivity contribution in [3.05, 3.63) is 47.5 Å². The third kappa shape index (κ3) is 4.39. The Kier molecular flexibility index (Phi) is 5.85. The molecule has 1 heterocycles. The third-order valence-corrected chi connectivity index (χ3v) is 4.59. The van der Waals surface area contributed by atoms with Gasteiger partial charge in [-0.25, -0.2) is 0 Å². The molecule has 2 aromatic carbocycles. The lowest BCUT2D eigenvalue weighted by Gasteiger charge is -2.31. The predicted octanol–water partition coefficient (Wildman–Crippen LogP) is 2.08. The van der Waals surface area contributed by atoms with E-state index in [1.807, 2.05) is 12.1 Å². The lowest BCUT2D eigenvalue weighted by atomic mass is 9.98. The van der Waals surface area contributed by atoms with Gasteiger partial charge in [-0.15, -0.1) is 0 Å². The summed E-state index contributed by atoms with van der Waals surface area (Å²) in [4.78, 5) is 2.23. The van der Waals surface area contributed by atoms with Crippen LogP contribution in [0, 0.1) is 0 Å². The zero-order valence-electron chi connectivity index (χ0n) is 15.3. The number of benzene rings is 2. The van der Waals surface area contributed by atoms with Gasteiger partial charge in [0.25, 0.3) is 0 Å². The van der Waals surface area contributed by atoms with Crippen molar-refractivity contribution >= 4 is 5.69 Å². The zero-order valence-corrected chi connectivity index (χ0v) is 15.3. The molecule has 1 aliphatic heterocycles. The van der Waals surface area contributed by atoms with Crippen molar-refractivity contribution in [3.8, 4) is 17.2 Å². The second kappa shape index (κ2) is 8.29. The molecule has 0 aromatic heterocycles. The molecule has 140 valence electrons. The molecule has 26 heavy (non-hydrogen) atoms. The number of nitrogens with two attached hydrogens (primary N) is 1. The number of aliphatic hydroxyl groups excluding tert-OH is 1. The Morgan fingerprint density at radius 2 is 1.73 bits per heavy atom. The number of rotatable bonds is 7. The number of hydrogen-bond donors (Lipinski definition) is 2. The maximum Gasteiger partial charge on any atom is 0.161 e. The highest BCUT2D eigenvalue weighted by atomic mass is 16.5.